The van der Waals surface area contributed by atoms with Crippen LogP contribution in [0.25, 0.3) is 0 Å². The molecule has 0 N–H and O–H groups in total. The van der Waals surface area contributed by atoms with Gasteiger partial charge in [0, 0.05) is 0 Å². The predicted octanol–water partition coefficient (Wildman–Crippen LogP) is 4.24. The summed E-state index contributed by atoms with van der Waals surface area (Å²) in [5.41, 5.74) is -0.761. The molecular formula is C15H26O2. The van der Waals surface area contributed by atoms with E-state index in [1.165, 1.54) is 6.42 Å². The summed E-state index contributed by atoms with van der Waals surface area (Å²) in [6, 6.07) is 0. The molecule has 0 atom stereocenters. The Morgan fingerprint density at radius 1 is 1.35 bits per heavy atom. The van der Waals surface area contributed by atoms with Crippen molar-refractivity contribution in [1.82, 2.24) is 0 Å². The van der Waals surface area contributed by atoms with Gasteiger partial charge in [0.05, 0.1) is 5.41 Å². The summed E-state index contributed by atoms with van der Waals surface area (Å²) in [6.07, 6.45) is 9.09. The number of esters is 1. The number of rotatable bonds is 5. The first-order valence-electron chi connectivity index (χ1n) is 6.83. The monoisotopic (exact) mass is 238 g/mol. The fraction of sp³-hybridized carbons (Fsp3) is 0.800. The van der Waals surface area contributed by atoms with Crippen molar-refractivity contribution in [2.75, 3.05) is 0 Å². The molecule has 17 heavy (non-hydrogen) atoms. The summed E-state index contributed by atoms with van der Waals surface area (Å²) in [5, 5.41) is 0. The van der Waals surface area contributed by atoms with Gasteiger partial charge in [-0.1, -0.05) is 26.3 Å². The lowest BCUT2D eigenvalue weighted by molar-refractivity contribution is -0.168. The Balaban J connectivity index is 2.67. The van der Waals surface area contributed by atoms with Crippen LogP contribution in [-0.4, -0.2) is 11.6 Å². The van der Waals surface area contributed by atoms with Crippen molar-refractivity contribution in [3.05, 3.63) is 12.7 Å². The van der Waals surface area contributed by atoms with Crippen molar-refractivity contribution in [3.63, 3.8) is 0 Å². The highest BCUT2D eigenvalue weighted by Gasteiger charge is 2.37. The highest BCUT2D eigenvalue weighted by atomic mass is 16.6. The van der Waals surface area contributed by atoms with E-state index >= 15 is 0 Å². The molecule has 0 saturated heterocycles. The lowest BCUT2D eigenvalue weighted by Gasteiger charge is -2.36. The number of hydrogen-bond acceptors (Lipinski definition) is 2. The molecule has 1 saturated carbocycles. The topological polar surface area (TPSA) is 26.3 Å². The average molecular weight is 238 g/mol. The van der Waals surface area contributed by atoms with Gasteiger partial charge >= 0.3 is 5.97 Å². The maximum atomic E-state index is 12.2. The van der Waals surface area contributed by atoms with Gasteiger partial charge in [0.15, 0.2) is 0 Å². The minimum Gasteiger partial charge on any atom is -0.454 e. The number of carbonyl (C=O) groups is 1. The summed E-state index contributed by atoms with van der Waals surface area (Å²) < 4.78 is 5.79. The fourth-order valence-corrected chi connectivity index (χ4v) is 2.55. The molecular weight excluding hydrogens is 212 g/mol. The van der Waals surface area contributed by atoms with E-state index in [1.54, 1.807) is 0 Å². The Morgan fingerprint density at radius 2 is 1.94 bits per heavy atom. The second-order valence-corrected chi connectivity index (χ2v) is 5.85. The maximum absolute atomic E-state index is 12.2. The molecule has 0 radical (unpaired) electrons. The number of ether oxygens (including phenoxy) is 1. The highest BCUT2D eigenvalue weighted by molar-refractivity contribution is 5.76. The van der Waals surface area contributed by atoms with Crippen molar-refractivity contribution < 1.29 is 9.53 Å². The standard InChI is InChI=1S/C15H26O2/c1-5-10-14(3,4)13(16)17-15(6-2)11-8-7-9-12-15/h6H,2,5,7-12H2,1,3-4H3. The smallest absolute Gasteiger partial charge is 0.312 e. The van der Waals surface area contributed by atoms with Crippen molar-refractivity contribution in [3.8, 4) is 0 Å². The largest absolute Gasteiger partial charge is 0.454 e. The fourth-order valence-electron chi connectivity index (χ4n) is 2.55. The van der Waals surface area contributed by atoms with Crippen LogP contribution in [0.2, 0.25) is 0 Å². The van der Waals surface area contributed by atoms with Gasteiger partial charge in [-0.2, -0.15) is 0 Å². The second-order valence-electron chi connectivity index (χ2n) is 5.85. The molecule has 2 heteroatoms. The molecule has 0 amide bonds. The third kappa shape index (κ3) is 3.58. The molecule has 0 aromatic rings. The van der Waals surface area contributed by atoms with E-state index in [2.05, 4.69) is 13.5 Å². The molecule has 1 fully saturated rings. The van der Waals surface area contributed by atoms with Crippen LogP contribution < -0.4 is 0 Å². The maximum Gasteiger partial charge on any atom is 0.312 e. The molecule has 0 unspecified atom stereocenters. The van der Waals surface area contributed by atoms with Gasteiger partial charge < -0.3 is 4.74 Å². The molecule has 2 nitrogen and oxygen atoms in total. The van der Waals surface area contributed by atoms with Crippen molar-refractivity contribution >= 4 is 5.97 Å². The molecule has 1 rings (SSSR count). The van der Waals surface area contributed by atoms with Crippen LogP contribution in [0.4, 0.5) is 0 Å². The molecule has 0 spiro atoms. The van der Waals surface area contributed by atoms with E-state index in [1.807, 2.05) is 19.9 Å². The quantitative estimate of drug-likeness (QED) is 0.529. The third-order valence-electron chi connectivity index (χ3n) is 3.80. The van der Waals surface area contributed by atoms with Gasteiger partial charge in [0.2, 0.25) is 0 Å². The molecule has 0 heterocycles. The highest BCUT2D eigenvalue weighted by Crippen LogP contribution is 2.35. The summed E-state index contributed by atoms with van der Waals surface area (Å²) in [7, 11) is 0. The Morgan fingerprint density at radius 3 is 2.41 bits per heavy atom. The molecule has 0 bridgehead atoms. The summed E-state index contributed by atoms with van der Waals surface area (Å²) in [5.74, 6) is -0.0684. The van der Waals surface area contributed by atoms with E-state index in [4.69, 9.17) is 4.74 Å². The van der Waals surface area contributed by atoms with Crippen molar-refractivity contribution in [2.24, 2.45) is 5.41 Å². The molecule has 1 aliphatic rings. The molecule has 1 aliphatic carbocycles. The van der Waals surface area contributed by atoms with Gasteiger partial charge in [0.1, 0.15) is 5.60 Å². The van der Waals surface area contributed by atoms with E-state index in [9.17, 15) is 4.79 Å². The van der Waals surface area contributed by atoms with Crippen LogP contribution in [0, 0.1) is 5.41 Å². The van der Waals surface area contributed by atoms with Crippen LogP contribution in [-0.2, 0) is 9.53 Å². The minimum absolute atomic E-state index is 0.0684. The first-order valence-corrected chi connectivity index (χ1v) is 6.83. The van der Waals surface area contributed by atoms with E-state index in [0.29, 0.717) is 0 Å². The second kappa shape index (κ2) is 5.70. The van der Waals surface area contributed by atoms with E-state index < -0.39 is 0 Å². The minimum atomic E-state index is -0.389. The van der Waals surface area contributed by atoms with Crippen LogP contribution in [0.1, 0.15) is 65.7 Å². The average Bonchev–Trinajstić information content (AvgIpc) is 2.30. The van der Waals surface area contributed by atoms with Gasteiger partial charge in [-0.3, -0.25) is 4.79 Å². The SMILES string of the molecule is C=CC1(OC(=O)C(C)(C)CCC)CCCCC1. The predicted molar refractivity (Wildman–Crippen MR) is 70.8 cm³/mol. The summed E-state index contributed by atoms with van der Waals surface area (Å²) in [6.45, 7) is 9.90. The lowest BCUT2D eigenvalue weighted by atomic mass is 9.83. The third-order valence-corrected chi connectivity index (χ3v) is 3.80. The Kier molecular flexibility index (Phi) is 4.79. The summed E-state index contributed by atoms with van der Waals surface area (Å²) in [4.78, 5) is 12.2. The van der Waals surface area contributed by atoms with Crippen molar-refractivity contribution in [1.29, 1.82) is 0 Å². The molecule has 0 aromatic heterocycles. The Bertz CT molecular complexity index is 273. The van der Waals surface area contributed by atoms with Crippen molar-refractivity contribution in [2.45, 2.75) is 71.3 Å². The van der Waals surface area contributed by atoms with Crippen LogP contribution >= 0.6 is 0 Å². The first kappa shape index (κ1) is 14.3. The zero-order valence-electron chi connectivity index (χ0n) is 11.6. The van der Waals surface area contributed by atoms with E-state index in [-0.39, 0.29) is 17.0 Å². The van der Waals surface area contributed by atoms with Gasteiger partial charge in [-0.15, -0.1) is 0 Å². The normalized spacial score (nSPS) is 19.7. The zero-order valence-corrected chi connectivity index (χ0v) is 11.6. The Labute approximate surface area is 105 Å². The van der Waals surface area contributed by atoms with Crippen LogP contribution in [0.15, 0.2) is 12.7 Å². The first-order chi connectivity index (χ1) is 7.96. The molecule has 98 valence electrons. The summed E-state index contributed by atoms with van der Waals surface area (Å²) >= 11 is 0. The van der Waals surface area contributed by atoms with Gasteiger partial charge in [-0.05, 0) is 52.0 Å². The van der Waals surface area contributed by atoms with Gasteiger partial charge in [0.25, 0.3) is 0 Å². The molecule has 0 aromatic carbocycles. The van der Waals surface area contributed by atoms with Crippen LogP contribution in [0.5, 0.6) is 0 Å². The number of carbonyl (C=O) groups excluding carboxylic acids is 1. The molecule has 0 aliphatic heterocycles. The van der Waals surface area contributed by atoms with Crippen LogP contribution in [0.3, 0.4) is 0 Å². The lowest BCUT2D eigenvalue weighted by Crippen LogP contribution is -2.39. The Hall–Kier alpha value is -0.790. The zero-order chi connectivity index (χ0) is 12.9. The van der Waals surface area contributed by atoms with Gasteiger partial charge in [-0.25, -0.2) is 0 Å². The van der Waals surface area contributed by atoms with E-state index in [0.717, 1.165) is 38.5 Å². The number of hydrogen-bond donors (Lipinski definition) is 0.